The number of nitrogens with zero attached hydrogens (tertiary/aromatic N) is 2. The first-order chi connectivity index (χ1) is 23.2. The van der Waals surface area contributed by atoms with E-state index in [-0.39, 0.29) is 58.6 Å². The number of hydrogen-bond acceptors (Lipinski definition) is 10. The first kappa shape index (κ1) is 30.6. The molecule has 3 fully saturated rings. The fraction of sp³-hybridized carbons (Fsp3) is 0.314. The van der Waals surface area contributed by atoms with Gasteiger partial charge in [0, 0.05) is 33.7 Å². The van der Waals surface area contributed by atoms with E-state index >= 15 is 0 Å². The minimum Gasteiger partial charge on any atom is -0.489 e. The second-order valence-corrected chi connectivity index (χ2v) is 14.7. The van der Waals surface area contributed by atoms with Gasteiger partial charge in [-0.2, -0.15) is 0 Å². The number of anilines is 1. The average molecular weight is 684 g/mol. The molecule has 4 aromatic rings. The molecule has 7 atom stereocenters. The maximum absolute atomic E-state index is 14.2. The molecule has 11 nitrogen and oxygen atoms in total. The summed E-state index contributed by atoms with van der Waals surface area (Å²) in [6.07, 6.45) is 0.662. The van der Waals surface area contributed by atoms with E-state index in [1.807, 2.05) is 30.3 Å². The van der Waals surface area contributed by atoms with Crippen LogP contribution in [0.4, 0.5) is 11.4 Å². The molecule has 2 aliphatic heterocycles. The largest absolute Gasteiger partial charge is 0.489 e. The van der Waals surface area contributed by atoms with Crippen LogP contribution in [-0.4, -0.2) is 39.5 Å². The third-order valence-electron chi connectivity index (χ3n) is 10.1. The van der Waals surface area contributed by atoms with Crippen molar-refractivity contribution in [1.29, 1.82) is 0 Å². The highest BCUT2D eigenvalue weighted by molar-refractivity contribution is 8.00. The molecule has 4 aliphatic rings. The predicted octanol–water partition coefficient (Wildman–Crippen LogP) is 5.78. The number of fused-ring (bicyclic) bond motifs is 9. The number of non-ortho nitro benzene ring substituents is 1. The van der Waals surface area contributed by atoms with E-state index in [2.05, 4.69) is 4.98 Å². The number of nitrogens with one attached hydrogen (secondary N) is 1. The lowest BCUT2D eigenvalue weighted by Gasteiger charge is -2.43. The summed E-state index contributed by atoms with van der Waals surface area (Å²) in [5.41, 5.74) is 2.16. The van der Waals surface area contributed by atoms with E-state index in [0.717, 1.165) is 21.8 Å². The normalized spacial score (nSPS) is 26.6. The molecule has 1 saturated heterocycles. The lowest BCUT2D eigenvalue weighted by atomic mass is 9.68. The van der Waals surface area contributed by atoms with Gasteiger partial charge in [-0.1, -0.05) is 41.7 Å². The molecule has 6 unspecified atom stereocenters. The number of benzene rings is 3. The van der Waals surface area contributed by atoms with Crippen LogP contribution in [0.3, 0.4) is 0 Å². The summed E-state index contributed by atoms with van der Waals surface area (Å²) in [7, 11) is 0. The third kappa shape index (κ3) is 4.78. The van der Waals surface area contributed by atoms with Gasteiger partial charge in [-0.25, -0.2) is 4.79 Å². The minimum absolute atomic E-state index is 0.0955. The van der Waals surface area contributed by atoms with Crippen molar-refractivity contribution in [3.8, 4) is 5.75 Å². The lowest BCUT2D eigenvalue weighted by molar-refractivity contribution is -0.385. The number of aromatic amines is 1. The van der Waals surface area contributed by atoms with E-state index in [1.54, 1.807) is 49.0 Å². The fourth-order valence-electron chi connectivity index (χ4n) is 8.34. The maximum Gasteiger partial charge on any atom is 0.338 e. The van der Waals surface area contributed by atoms with Crippen LogP contribution >= 0.6 is 23.1 Å². The Labute approximate surface area is 282 Å². The first-order valence-corrected chi connectivity index (χ1v) is 17.4. The topological polar surface area (TPSA) is 149 Å². The molecule has 2 bridgehead atoms. The Morgan fingerprint density at radius 2 is 1.73 bits per heavy atom. The number of nitro groups is 1. The van der Waals surface area contributed by atoms with Crippen molar-refractivity contribution in [3.05, 3.63) is 114 Å². The second-order valence-electron chi connectivity index (χ2n) is 12.5. The molecule has 3 aromatic carbocycles. The van der Waals surface area contributed by atoms with Crippen LogP contribution in [0.25, 0.3) is 0 Å². The van der Waals surface area contributed by atoms with Crippen molar-refractivity contribution in [3.63, 3.8) is 0 Å². The molecule has 2 amide bonds. The van der Waals surface area contributed by atoms with Crippen LogP contribution in [0.5, 0.6) is 5.75 Å². The summed E-state index contributed by atoms with van der Waals surface area (Å²) in [6, 6.07) is 20.5. The molecule has 0 radical (unpaired) electrons. The number of carbonyl (C=O) groups is 3. The summed E-state index contributed by atoms with van der Waals surface area (Å²) in [5.74, 6) is -2.61. The monoisotopic (exact) mass is 683 g/mol. The molecule has 13 heteroatoms. The van der Waals surface area contributed by atoms with Crippen molar-refractivity contribution in [2.24, 2.45) is 29.6 Å². The summed E-state index contributed by atoms with van der Waals surface area (Å²) < 4.78 is 11.4. The molecule has 244 valence electrons. The smallest absolute Gasteiger partial charge is 0.338 e. The Morgan fingerprint density at radius 3 is 2.44 bits per heavy atom. The number of thiazole rings is 1. The Morgan fingerprint density at radius 1 is 1.00 bits per heavy atom. The van der Waals surface area contributed by atoms with Crippen molar-refractivity contribution in [1.82, 2.24) is 4.98 Å². The number of imide groups is 1. The van der Waals surface area contributed by atoms with Crippen molar-refractivity contribution in [2.45, 2.75) is 36.1 Å². The van der Waals surface area contributed by atoms with E-state index in [9.17, 15) is 29.3 Å². The van der Waals surface area contributed by atoms with Crippen LogP contribution < -0.4 is 14.5 Å². The Hall–Kier alpha value is -4.75. The molecular weight excluding hydrogens is 655 g/mol. The zero-order valence-electron chi connectivity index (χ0n) is 25.6. The molecule has 1 aromatic heterocycles. The number of aromatic nitrogens is 1. The number of esters is 1. The van der Waals surface area contributed by atoms with Gasteiger partial charge in [0.05, 0.1) is 39.6 Å². The Balaban J connectivity index is 1.18. The number of ether oxygens (including phenoxy) is 2. The SMILES string of the molecule is CCOC(=O)c1ccc(N2C(=O)C3C4CC(C3C2=O)C2C4Sc3[nH]c(=O)sc3[C@@H]2c2cc([N+](=O)[O-])ccc2OCc2ccccc2)cc1. The zero-order chi connectivity index (χ0) is 33.3. The van der Waals surface area contributed by atoms with Crippen molar-refractivity contribution < 1.29 is 28.8 Å². The first-order valence-electron chi connectivity index (χ1n) is 15.7. The summed E-state index contributed by atoms with van der Waals surface area (Å²) in [5, 5.41) is 12.6. The van der Waals surface area contributed by atoms with Crippen LogP contribution in [0.15, 0.2) is 82.6 Å². The lowest BCUT2D eigenvalue weighted by Crippen LogP contribution is -2.42. The molecule has 8 rings (SSSR count). The standard InChI is InChI=1S/C35H29N3O8S2/c1-2-45-34(41)18-8-10-19(11-9-18)37-32(39)27-22-15-23(28(27)33(37)40)29-26(22)25(30-31(47-29)36-35(42)48-30)21-14-20(38(43)44)12-13-24(21)46-16-17-6-4-3-5-7-17/h3-14,22-23,25-29H,2,15-16H2,1H3,(H,36,42)/t22?,23?,25-,26?,27?,28?,29?/m1/s1. The van der Waals surface area contributed by atoms with E-state index in [4.69, 9.17) is 9.47 Å². The zero-order valence-corrected chi connectivity index (χ0v) is 27.2. The number of thioether (sulfide) groups is 1. The molecule has 1 N–H and O–H groups in total. The summed E-state index contributed by atoms with van der Waals surface area (Å²) in [4.78, 5) is 69.5. The van der Waals surface area contributed by atoms with Gasteiger partial charge in [-0.15, -0.1) is 11.8 Å². The fourth-order valence-corrected chi connectivity index (χ4v) is 11.2. The molecule has 2 saturated carbocycles. The predicted molar refractivity (Wildman–Crippen MR) is 177 cm³/mol. The van der Waals surface area contributed by atoms with Crippen LogP contribution in [0, 0.1) is 39.7 Å². The highest BCUT2D eigenvalue weighted by Gasteiger charge is 2.70. The molecule has 0 spiro atoms. The molecular formula is C35H29N3O8S2. The van der Waals surface area contributed by atoms with Gasteiger partial charge in [0.15, 0.2) is 0 Å². The third-order valence-corrected chi connectivity index (χ3v) is 12.7. The number of hydrogen-bond donors (Lipinski definition) is 1. The van der Waals surface area contributed by atoms with Gasteiger partial charge in [-0.3, -0.25) is 29.4 Å². The number of amides is 2. The van der Waals surface area contributed by atoms with Gasteiger partial charge in [0.25, 0.3) is 5.69 Å². The van der Waals surface area contributed by atoms with E-state index < -0.39 is 28.6 Å². The molecule has 3 heterocycles. The van der Waals surface area contributed by atoms with Gasteiger partial charge >= 0.3 is 10.8 Å². The van der Waals surface area contributed by atoms with Crippen LogP contribution in [0.1, 0.15) is 45.6 Å². The van der Waals surface area contributed by atoms with Crippen LogP contribution in [0.2, 0.25) is 0 Å². The van der Waals surface area contributed by atoms with E-state index in [1.165, 1.54) is 17.0 Å². The average Bonchev–Trinajstić information content (AvgIpc) is 3.83. The van der Waals surface area contributed by atoms with E-state index in [0.29, 0.717) is 34.0 Å². The Bertz CT molecular complexity index is 2030. The van der Waals surface area contributed by atoms with Gasteiger partial charge in [0.1, 0.15) is 12.4 Å². The van der Waals surface area contributed by atoms with Crippen LogP contribution in [-0.2, 0) is 20.9 Å². The highest BCUT2D eigenvalue weighted by atomic mass is 32.2. The van der Waals surface area contributed by atoms with Crippen molar-refractivity contribution >= 4 is 52.3 Å². The number of rotatable bonds is 8. The second kappa shape index (κ2) is 11.7. The highest BCUT2D eigenvalue weighted by Crippen LogP contribution is 2.69. The molecule has 2 aliphatic carbocycles. The number of carbonyl (C=O) groups excluding carboxylic acids is 3. The number of H-pyrrole nitrogens is 1. The Kier molecular flexibility index (Phi) is 7.48. The minimum atomic E-state index is -0.568. The summed E-state index contributed by atoms with van der Waals surface area (Å²) >= 11 is 2.62. The van der Waals surface area contributed by atoms with Gasteiger partial charge < -0.3 is 14.5 Å². The maximum atomic E-state index is 14.2. The van der Waals surface area contributed by atoms with Gasteiger partial charge in [0.2, 0.25) is 11.8 Å². The summed E-state index contributed by atoms with van der Waals surface area (Å²) in [6.45, 7) is 2.19. The van der Waals surface area contributed by atoms with Crippen molar-refractivity contribution in [2.75, 3.05) is 11.5 Å². The molecule has 48 heavy (non-hydrogen) atoms. The quantitative estimate of drug-likeness (QED) is 0.106. The van der Waals surface area contributed by atoms with Gasteiger partial charge in [-0.05, 0) is 67.0 Å². The number of nitro benzene ring substituents is 1.